The summed E-state index contributed by atoms with van der Waals surface area (Å²) in [7, 11) is -4.30. The van der Waals surface area contributed by atoms with Crippen LogP contribution in [0, 0.1) is 5.82 Å². The minimum atomic E-state index is -4.30. The number of imide groups is 1. The number of carbonyl (C=O) groups is 3. The Morgan fingerprint density at radius 2 is 1.86 bits per heavy atom. The molecule has 0 heterocycles. The number of hydrogen-bond acceptors (Lipinski definition) is 6. The van der Waals surface area contributed by atoms with Crippen molar-refractivity contribution < 1.29 is 31.9 Å². The van der Waals surface area contributed by atoms with Gasteiger partial charge in [0.1, 0.15) is 16.8 Å². The van der Waals surface area contributed by atoms with Gasteiger partial charge in [-0.05, 0) is 31.9 Å². The maximum atomic E-state index is 13.6. The summed E-state index contributed by atoms with van der Waals surface area (Å²) in [4.78, 5) is 34.6. The van der Waals surface area contributed by atoms with Crippen LogP contribution in [0.2, 0.25) is 0 Å². The normalized spacial score (nSPS) is 15.6. The van der Waals surface area contributed by atoms with Crippen LogP contribution >= 0.6 is 0 Å². The molecule has 1 aliphatic carbocycles. The van der Waals surface area contributed by atoms with Crippen molar-refractivity contribution in [2.24, 2.45) is 0 Å². The predicted octanol–water partition coefficient (Wildman–Crippen LogP) is 0.804. The largest absolute Gasteiger partial charge is 0.454 e. The fraction of sp³-hybridized carbons (Fsp3) is 0.471. The lowest BCUT2D eigenvalue weighted by Gasteiger charge is -2.15. The van der Waals surface area contributed by atoms with Crippen molar-refractivity contribution in [3.63, 3.8) is 0 Å². The Kier molecular flexibility index (Phi) is 7.46. The van der Waals surface area contributed by atoms with Crippen molar-refractivity contribution in [1.82, 2.24) is 15.4 Å². The minimum Gasteiger partial charge on any atom is -0.454 e. The smallest absolute Gasteiger partial charge is 0.324 e. The molecule has 0 bridgehead atoms. The second-order valence-electron chi connectivity index (χ2n) is 6.38. The molecule has 11 heteroatoms. The maximum absolute atomic E-state index is 13.6. The van der Waals surface area contributed by atoms with Gasteiger partial charge in [0.15, 0.2) is 6.61 Å². The molecule has 0 aliphatic heterocycles. The van der Waals surface area contributed by atoms with Gasteiger partial charge in [-0.1, -0.05) is 25.0 Å². The second-order valence-corrected chi connectivity index (χ2v) is 8.07. The van der Waals surface area contributed by atoms with Crippen LogP contribution in [0.3, 0.4) is 0 Å². The summed E-state index contributed by atoms with van der Waals surface area (Å²) >= 11 is 0. The van der Waals surface area contributed by atoms with Gasteiger partial charge in [0.05, 0.1) is 0 Å². The van der Waals surface area contributed by atoms with Crippen LogP contribution in [0.15, 0.2) is 29.2 Å². The van der Waals surface area contributed by atoms with Crippen molar-refractivity contribution in [2.45, 2.75) is 49.6 Å². The van der Waals surface area contributed by atoms with Gasteiger partial charge in [-0.2, -0.15) is 4.72 Å². The van der Waals surface area contributed by atoms with E-state index in [0.29, 0.717) is 0 Å². The molecule has 3 amide bonds. The SMILES string of the molecule is C[C@H](NS(=O)(=O)c1ccccc1F)C(=O)OCC(=O)NC(=O)NC1CCCC1. The molecule has 1 aromatic rings. The number of urea groups is 1. The number of hydrogen-bond donors (Lipinski definition) is 3. The molecule has 0 radical (unpaired) electrons. The maximum Gasteiger partial charge on any atom is 0.324 e. The zero-order chi connectivity index (χ0) is 20.7. The van der Waals surface area contributed by atoms with Crippen molar-refractivity contribution in [3.8, 4) is 0 Å². The Hall–Kier alpha value is -2.53. The molecular weight excluding hydrogens is 393 g/mol. The molecule has 0 saturated heterocycles. The van der Waals surface area contributed by atoms with Crippen molar-refractivity contribution >= 4 is 27.9 Å². The van der Waals surface area contributed by atoms with E-state index in [2.05, 4.69) is 5.32 Å². The van der Waals surface area contributed by atoms with Gasteiger partial charge < -0.3 is 10.1 Å². The summed E-state index contributed by atoms with van der Waals surface area (Å²) in [5.74, 6) is -2.87. The van der Waals surface area contributed by atoms with Crippen molar-refractivity contribution in [2.75, 3.05) is 6.61 Å². The second kappa shape index (κ2) is 9.60. The van der Waals surface area contributed by atoms with Crippen LogP contribution in [-0.4, -0.2) is 45.0 Å². The molecule has 3 N–H and O–H groups in total. The van der Waals surface area contributed by atoms with E-state index in [0.717, 1.165) is 37.8 Å². The first kappa shape index (κ1) is 21.8. The van der Waals surface area contributed by atoms with Crippen LogP contribution in [0.5, 0.6) is 0 Å². The topological polar surface area (TPSA) is 131 Å². The molecule has 1 fully saturated rings. The zero-order valence-electron chi connectivity index (χ0n) is 15.2. The molecule has 2 rings (SSSR count). The molecule has 1 saturated carbocycles. The third-order valence-electron chi connectivity index (χ3n) is 4.10. The van der Waals surface area contributed by atoms with Gasteiger partial charge in [0.25, 0.3) is 5.91 Å². The van der Waals surface area contributed by atoms with Gasteiger partial charge in [0.2, 0.25) is 10.0 Å². The van der Waals surface area contributed by atoms with Gasteiger partial charge in [-0.15, -0.1) is 0 Å². The highest BCUT2D eigenvalue weighted by Gasteiger charge is 2.26. The Labute approximate surface area is 162 Å². The summed E-state index contributed by atoms with van der Waals surface area (Å²) in [6, 6.07) is 2.65. The van der Waals surface area contributed by atoms with Crippen LogP contribution in [0.25, 0.3) is 0 Å². The van der Waals surface area contributed by atoms with E-state index in [-0.39, 0.29) is 6.04 Å². The van der Waals surface area contributed by atoms with Gasteiger partial charge in [-0.3, -0.25) is 14.9 Å². The lowest BCUT2D eigenvalue weighted by molar-refractivity contribution is -0.149. The molecule has 1 aliphatic rings. The fourth-order valence-electron chi connectivity index (χ4n) is 2.72. The molecule has 1 aromatic carbocycles. The number of amides is 3. The predicted molar refractivity (Wildman–Crippen MR) is 96.1 cm³/mol. The molecule has 0 aromatic heterocycles. The van der Waals surface area contributed by atoms with Crippen molar-refractivity contribution in [3.05, 3.63) is 30.1 Å². The van der Waals surface area contributed by atoms with E-state index in [1.54, 1.807) is 0 Å². The quantitative estimate of drug-likeness (QED) is 0.565. The van der Waals surface area contributed by atoms with Crippen LogP contribution < -0.4 is 15.4 Å². The first-order chi connectivity index (χ1) is 13.2. The first-order valence-electron chi connectivity index (χ1n) is 8.73. The van der Waals surface area contributed by atoms with E-state index < -0.39 is 51.3 Å². The average molecular weight is 415 g/mol. The molecule has 1 atom stereocenters. The average Bonchev–Trinajstić information content (AvgIpc) is 3.12. The highest BCUT2D eigenvalue weighted by atomic mass is 32.2. The molecule has 9 nitrogen and oxygen atoms in total. The lowest BCUT2D eigenvalue weighted by Crippen LogP contribution is -2.46. The monoisotopic (exact) mass is 415 g/mol. The van der Waals surface area contributed by atoms with Gasteiger partial charge in [-0.25, -0.2) is 17.6 Å². The highest BCUT2D eigenvalue weighted by Crippen LogP contribution is 2.17. The summed E-state index contributed by atoms with van der Waals surface area (Å²) in [5, 5.41) is 4.66. The van der Waals surface area contributed by atoms with Gasteiger partial charge >= 0.3 is 12.0 Å². The van der Waals surface area contributed by atoms with Crippen LogP contribution in [-0.2, 0) is 24.3 Å². The first-order valence-corrected chi connectivity index (χ1v) is 10.2. The number of carbonyl (C=O) groups excluding carboxylic acids is 3. The van der Waals surface area contributed by atoms with Crippen LogP contribution in [0.4, 0.5) is 9.18 Å². The summed E-state index contributed by atoms with van der Waals surface area (Å²) < 4.78 is 44.6. The number of sulfonamides is 1. The summed E-state index contributed by atoms with van der Waals surface area (Å²) in [6.45, 7) is 0.425. The number of halogens is 1. The molecular formula is C17H22FN3O6S. The Morgan fingerprint density at radius 3 is 2.50 bits per heavy atom. The Balaban J connectivity index is 1.79. The lowest BCUT2D eigenvalue weighted by atomic mass is 10.2. The fourth-order valence-corrected chi connectivity index (χ4v) is 3.99. The zero-order valence-corrected chi connectivity index (χ0v) is 16.1. The number of rotatable bonds is 7. The summed E-state index contributed by atoms with van der Waals surface area (Å²) in [5.41, 5.74) is 0. The number of esters is 1. The minimum absolute atomic E-state index is 0.0168. The van der Waals surface area contributed by atoms with E-state index in [4.69, 9.17) is 4.74 Å². The number of nitrogens with one attached hydrogen (secondary N) is 3. The third kappa shape index (κ3) is 6.27. The Morgan fingerprint density at radius 1 is 1.21 bits per heavy atom. The standard InChI is InChI=1S/C17H22FN3O6S/c1-11(21-28(25,26)14-9-5-4-8-13(14)18)16(23)27-10-15(22)20-17(24)19-12-6-2-3-7-12/h4-5,8-9,11-12,21H,2-3,6-7,10H2,1H3,(H2,19,20,22,24)/t11-/m0/s1. The molecule has 154 valence electrons. The van der Waals surface area contributed by atoms with E-state index in [1.165, 1.54) is 19.1 Å². The van der Waals surface area contributed by atoms with E-state index >= 15 is 0 Å². The highest BCUT2D eigenvalue weighted by molar-refractivity contribution is 7.89. The third-order valence-corrected chi connectivity index (χ3v) is 5.67. The molecule has 0 unspecified atom stereocenters. The van der Waals surface area contributed by atoms with Crippen molar-refractivity contribution in [1.29, 1.82) is 0 Å². The number of ether oxygens (including phenoxy) is 1. The Bertz CT molecular complexity index is 839. The van der Waals surface area contributed by atoms with Crippen LogP contribution in [0.1, 0.15) is 32.6 Å². The van der Waals surface area contributed by atoms with E-state index in [1.807, 2.05) is 10.0 Å². The molecule has 0 spiro atoms. The number of benzene rings is 1. The molecule has 28 heavy (non-hydrogen) atoms. The van der Waals surface area contributed by atoms with Gasteiger partial charge in [0, 0.05) is 6.04 Å². The van der Waals surface area contributed by atoms with E-state index in [9.17, 15) is 27.2 Å². The summed E-state index contributed by atoms with van der Waals surface area (Å²) in [6.07, 6.45) is 3.71.